The zero-order valence-corrected chi connectivity index (χ0v) is 31.1. The van der Waals surface area contributed by atoms with Gasteiger partial charge in [0.15, 0.2) is 0 Å². The lowest BCUT2D eigenvalue weighted by molar-refractivity contribution is -0.150. The summed E-state index contributed by atoms with van der Waals surface area (Å²) in [5.41, 5.74) is 1.13. The van der Waals surface area contributed by atoms with E-state index < -0.39 is 17.9 Å². The van der Waals surface area contributed by atoms with Crippen molar-refractivity contribution >= 4 is 23.9 Å². The van der Waals surface area contributed by atoms with Crippen molar-refractivity contribution in [1.29, 1.82) is 0 Å². The summed E-state index contributed by atoms with van der Waals surface area (Å²) in [5.74, 6) is -0.607. The van der Waals surface area contributed by atoms with E-state index in [1.165, 1.54) is 36.4 Å². The van der Waals surface area contributed by atoms with Gasteiger partial charge in [-0.3, -0.25) is 4.79 Å². The van der Waals surface area contributed by atoms with Crippen molar-refractivity contribution in [3.63, 3.8) is 0 Å². The molecule has 0 aromatic heterocycles. The van der Waals surface area contributed by atoms with E-state index in [2.05, 4.69) is 6.92 Å². The van der Waals surface area contributed by atoms with E-state index in [1.54, 1.807) is 36.4 Å². The maximum Gasteiger partial charge on any atom is 0.343 e. The number of carbonyl (C=O) groups excluding carboxylic acids is 4. The predicted octanol–water partition coefficient (Wildman–Crippen LogP) is 8.03. The summed E-state index contributed by atoms with van der Waals surface area (Å²) in [6, 6.07) is 18.9. The molecule has 0 aliphatic carbocycles. The quantitative estimate of drug-likeness (QED) is 0.0533. The van der Waals surface area contributed by atoms with Crippen LogP contribution < -0.4 is 14.2 Å². The average Bonchev–Trinajstić information content (AvgIpc) is 3.16. The minimum Gasteiger partial charge on any atom is -0.494 e. The van der Waals surface area contributed by atoms with Gasteiger partial charge in [-0.15, -0.1) is 0 Å². The van der Waals surface area contributed by atoms with Gasteiger partial charge in [-0.1, -0.05) is 20.8 Å². The number of ether oxygens (including phenoxy) is 7. The second-order valence-electron chi connectivity index (χ2n) is 13.3. The van der Waals surface area contributed by atoms with Crippen molar-refractivity contribution in [2.45, 2.75) is 72.1 Å². The van der Waals surface area contributed by atoms with Crippen LogP contribution in [0.25, 0.3) is 0 Å². The lowest BCUT2D eigenvalue weighted by Gasteiger charge is -2.40. The van der Waals surface area contributed by atoms with Gasteiger partial charge in [-0.2, -0.15) is 0 Å². The molecular weight excluding hydrogens is 680 g/mol. The van der Waals surface area contributed by atoms with Gasteiger partial charge < -0.3 is 33.2 Å². The van der Waals surface area contributed by atoms with Gasteiger partial charge in [-0.05, 0) is 124 Å². The van der Waals surface area contributed by atoms with Crippen LogP contribution in [-0.2, 0) is 23.7 Å². The van der Waals surface area contributed by atoms with E-state index in [1.807, 2.05) is 13.8 Å². The molecule has 0 saturated carbocycles. The standard InChI is InChI=1S/C42H52O11/c1-4-31(3)38(43)50-26-9-7-6-8-25-49-35-18-12-33(13-19-35)40(45)53-37-22-16-34(17-23-37)41(46)52-36-20-14-32(15-21-36)39(44)51-27-11-10-24-47-28-42(5-2)29-48-30-42/h12-23,31H,4-11,24-30H2,1-3H3. The molecule has 11 nitrogen and oxygen atoms in total. The van der Waals surface area contributed by atoms with Crippen LogP contribution in [0.15, 0.2) is 72.8 Å². The first-order chi connectivity index (χ1) is 25.7. The lowest BCUT2D eigenvalue weighted by Crippen LogP contribution is -2.45. The fourth-order valence-electron chi connectivity index (χ4n) is 5.19. The number of unbranched alkanes of at least 4 members (excludes halogenated alkanes) is 4. The Morgan fingerprint density at radius 1 is 0.604 bits per heavy atom. The van der Waals surface area contributed by atoms with E-state index >= 15 is 0 Å². The molecule has 0 radical (unpaired) electrons. The maximum atomic E-state index is 12.7. The molecule has 0 bridgehead atoms. The molecule has 1 saturated heterocycles. The highest BCUT2D eigenvalue weighted by atomic mass is 16.5. The van der Waals surface area contributed by atoms with Crippen LogP contribution in [0, 0.1) is 11.3 Å². The lowest BCUT2D eigenvalue weighted by atomic mass is 9.84. The highest BCUT2D eigenvalue weighted by Crippen LogP contribution is 2.31. The third kappa shape index (κ3) is 13.6. The van der Waals surface area contributed by atoms with Crippen LogP contribution in [-0.4, -0.2) is 70.1 Å². The van der Waals surface area contributed by atoms with Crippen molar-refractivity contribution in [3.05, 3.63) is 89.5 Å². The number of hydrogen-bond donors (Lipinski definition) is 0. The second-order valence-corrected chi connectivity index (χ2v) is 13.3. The summed E-state index contributed by atoms with van der Waals surface area (Å²) in [6.07, 6.45) is 6.91. The fraction of sp³-hybridized carbons (Fsp3) is 0.476. The molecule has 1 atom stereocenters. The Morgan fingerprint density at radius 2 is 1.08 bits per heavy atom. The Bertz CT molecular complexity index is 1570. The topological polar surface area (TPSA) is 133 Å². The highest BCUT2D eigenvalue weighted by Gasteiger charge is 2.36. The smallest absolute Gasteiger partial charge is 0.343 e. The molecule has 53 heavy (non-hydrogen) atoms. The first kappa shape index (κ1) is 41.0. The Morgan fingerprint density at radius 3 is 1.58 bits per heavy atom. The summed E-state index contributed by atoms with van der Waals surface area (Å²) in [5, 5.41) is 0. The molecule has 3 aromatic carbocycles. The SMILES string of the molecule is CCC(C)C(=O)OCCCCCCOc1ccc(C(=O)Oc2ccc(C(=O)Oc3ccc(C(=O)OCCCCOCC4(CC)COC4)cc3)cc2)cc1. The molecule has 11 heteroatoms. The molecule has 0 spiro atoms. The molecule has 0 amide bonds. The molecule has 4 rings (SSSR count). The highest BCUT2D eigenvalue weighted by molar-refractivity contribution is 5.93. The van der Waals surface area contributed by atoms with Gasteiger partial charge >= 0.3 is 23.9 Å². The number of esters is 4. The third-order valence-electron chi connectivity index (χ3n) is 9.15. The molecule has 3 aromatic rings. The Labute approximate surface area is 312 Å². The van der Waals surface area contributed by atoms with Gasteiger partial charge in [0.25, 0.3) is 0 Å². The Hall–Kier alpha value is -4.74. The summed E-state index contributed by atoms with van der Waals surface area (Å²) in [7, 11) is 0. The minimum absolute atomic E-state index is 0.0559. The number of benzene rings is 3. The average molecular weight is 733 g/mol. The van der Waals surface area contributed by atoms with E-state index in [0.717, 1.165) is 58.2 Å². The summed E-state index contributed by atoms with van der Waals surface area (Å²) >= 11 is 0. The molecule has 1 aliphatic heterocycles. The van der Waals surface area contributed by atoms with E-state index in [9.17, 15) is 19.2 Å². The van der Waals surface area contributed by atoms with Gasteiger partial charge in [0.2, 0.25) is 0 Å². The number of hydrogen-bond acceptors (Lipinski definition) is 11. The van der Waals surface area contributed by atoms with Crippen LogP contribution in [0.5, 0.6) is 17.2 Å². The number of carbonyl (C=O) groups is 4. The molecule has 1 unspecified atom stereocenters. The number of rotatable bonds is 23. The van der Waals surface area contributed by atoms with Crippen molar-refractivity contribution in [3.8, 4) is 17.2 Å². The second kappa shape index (κ2) is 21.7. The van der Waals surface area contributed by atoms with E-state index in [0.29, 0.717) is 49.7 Å². The van der Waals surface area contributed by atoms with Crippen molar-refractivity contribution in [1.82, 2.24) is 0 Å². The third-order valence-corrected chi connectivity index (χ3v) is 9.15. The molecule has 1 aliphatic rings. The van der Waals surface area contributed by atoms with Crippen LogP contribution in [0.4, 0.5) is 0 Å². The predicted molar refractivity (Wildman–Crippen MR) is 197 cm³/mol. The molecule has 1 heterocycles. The van der Waals surface area contributed by atoms with Crippen LogP contribution in [0.1, 0.15) is 103 Å². The van der Waals surface area contributed by atoms with Crippen LogP contribution in [0.3, 0.4) is 0 Å². The Balaban J connectivity index is 1.09. The zero-order valence-electron chi connectivity index (χ0n) is 31.1. The van der Waals surface area contributed by atoms with Crippen molar-refractivity contribution < 1.29 is 52.3 Å². The maximum absolute atomic E-state index is 12.7. The summed E-state index contributed by atoms with van der Waals surface area (Å²) < 4.78 is 38.4. The Kier molecular flexibility index (Phi) is 16.8. The van der Waals surface area contributed by atoms with Crippen molar-refractivity contribution in [2.24, 2.45) is 11.3 Å². The first-order valence-electron chi connectivity index (χ1n) is 18.6. The van der Waals surface area contributed by atoms with Gasteiger partial charge in [0.05, 0.1) is 62.2 Å². The van der Waals surface area contributed by atoms with E-state index in [-0.39, 0.29) is 41.0 Å². The largest absolute Gasteiger partial charge is 0.494 e. The zero-order chi connectivity index (χ0) is 37.9. The fourth-order valence-corrected chi connectivity index (χ4v) is 5.19. The van der Waals surface area contributed by atoms with Gasteiger partial charge in [0.1, 0.15) is 17.2 Å². The van der Waals surface area contributed by atoms with Crippen LogP contribution >= 0.6 is 0 Å². The van der Waals surface area contributed by atoms with E-state index in [4.69, 9.17) is 33.2 Å². The monoisotopic (exact) mass is 732 g/mol. The molecule has 286 valence electrons. The normalized spacial score (nSPS) is 13.6. The molecule has 1 fully saturated rings. The summed E-state index contributed by atoms with van der Waals surface area (Å²) in [6.45, 7) is 10.1. The summed E-state index contributed by atoms with van der Waals surface area (Å²) in [4.78, 5) is 49.5. The van der Waals surface area contributed by atoms with Crippen LogP contribution in [0.2, 0.25) is 0 Å². The van der Waals surface area contributed by atoms with Gasteiger partial charge in [-0.25, -0.2) is 14.4 Å². The minimum atomic E-state index is -0.603. The molecular formula is C42H52O11. The van der Waals surface area contributed by atoms with Crippen molar-refractivity contribution in [2.75, 3.05) is 46.2 Å². The van der Waals surface area contributed by atoms with Gasteiger partial charge in [0, 0.05) is 12.0 Å². The molecule has 0 N–H and O–H groups in total. The first-order valence-corrected chi connectivity index (χ1v) is 18.6.